The molecule has 0 saturated carbocycles. The molecule has 1 N–H and O–H groups in total. The van der Waals surface area contributed by atoms with E-state index in [1.807, 2.05) is 4.90 Å². The Morgan fingerprint density at radius 1 is 1.31 bits per heavy atom. The van der Waals surface area contributed by atoms with Crippen molar-refractivity contribution in [1.82, 2.24) is 4.98 Å². The van der Waals surface area contributed by atoms with Crippen LogP contribution in [-0.4, -0.2) is 31.0 Å². The first-order valence-electron chi connectivity index (χ1n) is 4.86. The van der Waals surface area contributed by atoms with Crippen LogP contribution in [0.25, 0.3) is 0 Å². The van der Waals surface area contributed by atoms with Crippen molar-refractivity contribution in [3.8, 4) is 0 Å². The molecule has 0 atom stereocenters. The molecule has 16 heavy (non-hydrogen) atoms. The molecule has 0 amide bonds. The van der Waals surface area contributed by atoms with Gasteiger partial charge >= 0.3 is 0 Å². The van der Waals surface area contributed by atoms with Gasteiger partial charge in [0.2, 0.25) is 0 Å². The number of halogens is 1. The lowest BCUT2D eigenvalue weighted by Crippen LogP contribution is -2.21. The lowest BCUT2D eigenvalue weighted by Gasteiger charge is -2.21. The highest BCUT2D eigenvalue weighted by atomic mass is 79.9. The molecule has 0 radical (unpaired) electrons. The van der Waals surface area contributed by atoms with Crippen molar-refractivity contribution in [2.75, 3.05) is 18.0 Å². The summed E-state index contributed by atoms with van der Waals surface area (Å²) in [6, 6.07) is 0. The minimum Gasteiger partial charge on any atom is -0.369 e. The summed E-state index contributed by atoms with van der Waals surface area (Å²) in [5.41, 5.74) is 0.509. The maximum Gasteiger partial charge on any atom is 0.298 e. The summed E-state index contributed by atoms with van der Waals surface area (Å²) in [5, 5.41) is 0. The van der Waals surface area contributed by atoms with Crippen LogP contribution in [0.1, 0.15) is 12.8 Å². The monoisotopic (exact) mass is 306 g/mol. The van der Waals surface area contributed by atoms with Gasteiger partial charge in [-0.25, -0.2) is 0 Å². The third-order valence-corrected chi connectivity index (χ3v) is 3.97. The molecule has 1 saturated heterocycles. The van der Waals surface area contributed by atoms with Crippen LogP contribution in [0.3, 0.4) is 0 Å². The van der Waals surface area contributed by atoms with Crippen molar-refractivity contribution in [1.29, 1.82) is 0 Å². The molecule has 5 nitrogen and oxygen atoms in total. The molecule has 88 valence electrons. The molecule has 7 heteroatoms. The van der Waals surface area contributed by atoms with Crippen molar-refractivity contribution in [3.05, 3.63) is 16.9 Å². The van der Waals surface area contributed by atoms with Crippen LogP contribution in [0.15, 0.2) is 21.8 Å². The zero-order valence-electron chi connectivity index (χ0n) is 8.43. The molecular formula is C9H11BrN2O3S. The van der Waals surface area contributed by atoms with E-state index in [1.165, 1.54) is 12.4 Å². The first-order valence-corrected chi connectivity index (χ1v) is 7.09. The van der Waals surface area contributed by atoms with Crippen molar-refractivity contribution in [3.63, 3.8) is 0 Å². The molecule has 1 fully saturated rings. The third kappa shape index (κ3) is 2.21. The molecule has 0 bridgehead atoms. The molecule has 1 aliphatic rings. The molecule has 2 heterocycles. The Balaban J connectivity index is 2.57. The summed E-state index contributed by atoms with van der Waals surface area (Å²) >= 11 is 3.27. The van der Waals surface area contributed by atoms with E-state index in [1.54, 1.807) is 0 Å². The fourth-order valence-electron chi connectivity index (χ4n) is 1.85. The Bertz CT molecular complexity index is 497. The average molecular weight is 307 g/mol. The van der Waals surface area contributed by atoms with Gasteiger partial charge in [0.15, 0.2) is 0 Å². The number of hydrogen-bond donors (Lipinski definition) is 1. The van der Waals surface area contributed by atoms with Gasteiger partial charge in [-0.3, -0.25) is 9.54 Å². The van der Waals surface area contributed by atoms with Gasteiger partial charge in [0.25, 0.3) is 10.1 Å². The number of aromatic nitrogens is 1. The third-order valence-electron chi connectivity index (χ3n) is 2.54. The second-order valence-corrected chi connectivity index (χ2v) is 5.88. The molecule has 1 aromatic heterocycles. The summed E-state index contributed by atoms with van der Waals surface area (Å²) in [6.45, 7) is 1.59. The van der Waals surface area contributed by atoms with Crippen LogP contribution in [-0.2, 0) is 10.1 Å². The van der Waals surface area contributed by atoms with Gasteiger partial charge in [0, 0.05) is 19.3 Å². The molecule has 0 aliphatic carbocycles. The molecule has 2 rings (SSSR count). The van der Waals surface area contributed by atoms with E-state index >= 15 is 0 Å². The summed E-state index contributed by atoms with van der Waals surface area (Å²) in [6.07, 6.45) is 4.76. The van der Waals surface area contributed by atoms with Gasteiger partial charge in [-0.05, 0) is 28.8 Å². The van der Waals surface area contributed by atoms with E-state index in [0.717, 1.165) is 25.9 Å². The number of rotatable bonds is 2. The van der Waals surface area contributed by atoms with Crippen LogP contribution >= 0.6 is 15.9 Å². The second kappa shape index (κ2) is 4.31. The fourth-order valence-corrected chi connectivity index (χ4v) is 3.24. The van der Waals surface area contributed by atoms with E-state index in [9.17, 15) is 8.42 Å². The smallest absolute Gasteiger partial charge is 0.298 e. The molecule has 0 spiro atoms. The normalized spacial score (nSPS) is 16.8. The van der Waals surface area contributed by atoms with Crippen molar-refractivity contribution in [2.45, 2.75) is 17.7 Å². The highest BCUT2D eigenvalue weighted by Gasteiger charge is 2.24. The Hall–Kier alpha value is -0.660. The molecular weight excluding hydrogens is 296 g/mol. The largest absolute Gasteiger partial charge is 0.369 e. The maximum absolute atomic E-state index is 11.2. The van der Waals surface area contributed by atoms with Gasteiger partial charge in [-0.1, -0.05) is 0 Å². The van der Waals surface area contributed by atoms with Crippen molar-refractivity contribution < 1.29 is 13.0 Å². The highest BCUT2D eigenvalue weighted by Crippen LogP contribution is 2.34. The van der Waals surface area contributed by atoms with Crippen LogP contribution < -0.4 is 4.90 Å². The predicted molar refractivity (Wildman–Crippen MR) is 63.2 cm³/mol. The summed E-state index contributed by atoms with van der Waals surface area (Å²) in [5.74, 6) is 0. The van der Waals surface area contributed by atoms with Gasteiger partial charge < -0.3 is 4.90 Å². The summed E-state index contributed by atoms with van der Waals surface area (Å²) in [4.78, 5) is 5.57. The Labute approximate surface area is 102 Å². The van der Waals surface area contributed by atoms with Crippen molar-refractivity contribution >= 4 is 31.7 Å². The molecule has 0 unspecified atom stereocenters. The van der Waals surface area contributed by atoms with Gasteiger partial charge in [-0.15, -0.1) is 0 Å². The Morgan fingerprint density at radius 2 is 1.94 bits per heavy atom. The summed E-state index contributed by atoms with van der Waals surface area (Å²) in [7, 11) is -4.23. The molecule has 1 aliphatic heterocycles. The quantitative estimate of drug-likeness (QED) is 0.842. The minimum atomic E-state index is -4.23. The SMILES string of the molecule is O=S(=O)(O)c1cncc(Br)c1N1CCCC1. The number of hydrogen-bond acceptors (Lipinski definition) is 4. The van der Waals surface area contributed by atoms with Gasteiger partial charge in [0.05, 0.1) is 16.4 Å². The van der Waals surface area contributed by atoms with Crippen LogP contribution in [0.5, 0.6) is 0 Å². The van der Waals surface area contributed by atoms with Crippen molar-refractivity contribution in [2.24, 2.45) is 0 Å². The van der Waals surface area contributed by atoms with Gasteiger partial charge in [0.1, 0.15) is 4.90 Å². The Morgan fingerprint density at radius 3 is 2.50 bits per heavy atom. The highest BCUT2D eigenvalue weighted by molar-refractivity contribution is 9.10. The summed E-state index contributed by atoms with van der Waals surface area (Å²) < 4.78 is 32.2. The Kier molecular flexibility index (Phi) is 3.18. The van der Waals surface area contributed by atoms with E-state index in [2.05, 4.69) is 20.9 Å². The number of anilines is 1. The first-order chi connectivity index (χ1) is 7.50. The average Bonchev–Trinajstić information content (AvgIpc) is 2.68. The lowest BCUT2D eigenvalue weighted by molar-refractivity contribution is 0.482. The maximum atomic E-state index is 11.2. The predicted octanol–water partition coefficient (Wildman–Crippen LogP) is 1.69. The topological polar surface area (TPSA) is 70.5 Å². The zero-order chi connectivity index (χ0) is 11.8. The molecule has 0 aromatic carbocycles. The number of pyridine rings is 1. The second-order valence-electron chi connectivity index (χ2n) is 3.64. The van der Waals surface area contributed by atoms with Crippen LogP contribution in [0.4, 0.5) is 5.69 Å². The van der Waals surface area contributed by atoms with E-state index < -0.39 is 10.1 Å². The van der Waals surface area contributed by atoms with Crippen LogP contribution in [0.2, 0.25) is 0 Å². The van der Waals surface area contributed by atoms with E-state index in [0.29, 0.717) is 10.2 Å². The fraction of sp³-hybridized carbons (Fsp3) is 0.444. The standard InChI is InChI=1S/C9H11BrN2O3S/c10-7-5-11-6-8(16(13,14)15)9(7)12-3-1-2-4-12/h5-6H,1-4H2,(H,13,14,15). The van der Waals surface area contributed by atoms with Crippen LogP contribution in [0, 0.1) is 0 Å². The number of nitrogens with zero attached hydrogens (tertiary/aromatic N) is 2. The lowest BCUT2D eigenvalue weighted by atomic mass is 10.3. The minimum absolute atomic E-state index is 0.135. The van der Waals surface area contributed by atoms with E-state index in [-0.39, 0.29) is 4.90 Å². The van der Waals surface area contributed by atoms with Gasteiger partial charge in [-0.2, -0.15) is 8.42 Å². The first kappa shape index (κ1) is 11.8. The zero-order valence-corrected chi connectivity index (χ0v) is 10.8. The van der Waals surface area contributed by atoms with E-state index in [4.69, 9.17) is 4.55 Å². The molecule has 1 aromatic rings.